The third kappa shape index (κ3) is 4.29. The first kappa shape index (κ1) is 23.2. The van der Waals surface area contributed by atoms with Crippen LogP contribution in [0.25, 0.3) is 0 Å². The Bertz CT molecular complexity index is 1090. The number of benzene rings is 1. The van der Waals surface area contributed by atoms with Crippen LogP contribution < -0.4 is 15.0 Å². The lowest BCUT2D eigenvalue weighted by atomic mass is 9.68. The average Bonchev–Trinajstić information content (AvgIpc) is 3.18. The largest absolute Gasteiger partial charge is 0.495 e. The summed E-state index contributed by atoms with van der Waals surface area (Å²) in [5, 5.41) is 13.7. The van der Waals surface area contributed by atoms with Crippen molar-refractivity contribution in [2.45, 2.75) is 45.1 Å². The summed E-state index contributed by atoms with van der Waals surface area (Å²) in [5.74, 6) is 0.615. The van der Waals surface area contributed by atoms with Crippen LogP contribution in [0, 0.1) is 11.3 Å². The molecule has 1 unspecified atom stereocenters. The number of aromatic nitrogens is 2. The van der Waals surface area contributed by atoms with E-state index >= 15 is 0 Å². The molecule has 3 heterocycles. The van der Waals surface area contributed by atoms with Gasteiger partial charge in [0.2, 0.25) is 5.95 Å². The second kappa shape index (κ2) is 9.23. The Kier molecular flexibility index (Phi) is 6.29. The number of aliphatic carboxylic acids is 1. The maximum Gasteiger partial charge on any atom is 0.308 e. The number of halogens is 1. The first-order chi connectivity index (χ1) is 16.4. The molecule has 2 aromatic rings. The van der Waals surface area contributed by atoms with E-state index in [1.807, 2.05) is 4.90 Å². The van der Waals surface area contributed by atoms with Crippen molar-refractivity contribution < 1.29 is 14.6 Å². The average molecular weight is 486 g/mol. The van der Waals surface area contributed by atoms with Crippen LogP contribution in [0.2, 0.25) is 5.02 Å². The first-order valence-corrected chi connectivity index (χ1v) is 12.4. The molecule has 9 heteroatoms. The predicted molar refractivity (Wildman–Crippen MR) is 132 cm³/mol. The number of methoxy groups -OCH3 is 1. The van der Waals surface area contributed by atoms with E-state index in [0.717, 1.165) is 56.6 Å². The number of anilines is 3. The van der Waals surface area contributed by atoms with Gasteiger partial charge in [0.05, 0.1) is 24.9 Å². The molecule has 1 aromatic carbocycles. The van der Waals surface area contributed by atoms with Crippen LogP contribution >= 0.6 is 11.6 Å². The molecule has 2 aliphatic heterocycles. The normalized spacial score (nSPS) is 22.0. The Morgan fingerprint density at radius 3 is 2.79 bits per heavy atom. The summed E-state index contributed by atoms with van der Waals surface area (Å²) >= 11 is 6.53. The molecule has 1 saturated carbocycles. The van der Waals surface area contributed by atoms with Crippen LogP contribution in [-0.2, 0) is 17.8 Å². The summed E-state index contributed by atoms with van der Waals surface area (Å²) in [5.41, 5.74) is 3.15. The van der Waals surface area contributed by atoms with Crippen LogP contribution in [0.5, 0.6) is 5.75 Å². The molecule has 34 heavy (non-hydrogen) atoms. The minimum atomic E-state index is -0.725. The van der Waals surface area contributed by atoms with E-state index in [4.69, 9.17) is 21.3 Å². The Balaban J connectivity index is 1.43. The lowest BCUT2D eigenvalue weighted by Crippen LogP contribution is -2.36. The zero-order chi connectivity index (χ0) is 23.9. The van der Waals surface area contributed by atoms with Crippen molar-refractivity contribution in [3.8, 4) is 5.75 Å². The van der Waals surface area contributed by atoms with Crippen LogP contribution in [0.1, 0.15) is 43.2 Å². The van der Waals surface area contributed by atoms with E-state index in [1.54, 1.807) is 13.3 Å². The highest BCUT2D eigenvalue weighted by molar-refractivity contribution is 6.32. The van der Waals surface area contributed by atoms with E-state index in [9.17, 15) is 9.90 Å². The fourth-order valence-corrected chi connectivity index (χ4v) is 6.20. The van der Waals surface area contributed by atoms with Crippen LogP contribution in [0.3, 0.4) is 0 Å². The van der Waals surface area contributed by atoms with Crippen LogP contribution in [0.15, 0.2) is 18.3 Å². The van der Waals surface area contributed by atoms with E-state index in [-0.39, 0.29) is 5.41 Å². The van der Waals surface area contributed by atoms with Gasteiger partial charge in [0.1, 0.15) is 10.8 Å². The highest BCUT2D eigenvalue weighted by Gasteiger charge is 2.51. The third-order valence-corrected chi connectivity index (χ3v) is 8.06. The fourth-order valence-electron chi connectivity index (χ4n) is 5.99. The number of carboxylic acid groups (broad SMARTS) is 1. The van der Waals surface area contributed by atoms with Gasteiger partial charge < -0.3 is 25.0 Å². The van der Waals surface area contributed by atoms with Crippen molar-refractivity contribution in [3.63, 3.8) is 0 Å². The molecule has 1 spiro atoms. The Labute approximate surface area is 205 Å². The minimum absolute atomic E-state index is 0.209. The van der Waals surface area contributed by atoms with Gasteiger partial charge >= 0.3 is 5.97 Å². The van der Waals surface area contributed by atoms with Gasteiger partial charge in [-0.15, -0.1) is 0 Å². The number of carboxylic acids is 1. The zero-order valence-corrected chi connectivity index (χ0v) is 20.6. The zero-order valence-electron chi connectivity index (χ0n) is 19.8. The summed E-state index contributed by atoms with van der Waals surface area (Å²) < 4.78 is 5.65. The summed E-state index contributed by atoms with van der Waals surface area (Å²) in [4.78, 5) is 25.6. The predicted octanol–water partition coefficient (Wildman–Crippen LogP) is 4.34. The Morgan fingerprint density at radius 2 is 2.06 bits per heavy atom. The fraction of sp³-hybridized carbons (Fsp3) is 0.560. The molecule has 2 N–H and O–H groups in total. The van der Waals surface area contributed by atoms with Gasteiger partial charge in [-0.1, -0.05) is 30.9 Å². The van der Waals surface area contributed by atoms with Gasteiger partial charge in [-0.2, -0.15) is 4.98 Å². The summed E-state index contributed by atoms with van der Waals surface area (Å²) in [7, 11) is 3.78. The molecule has 0 radical (unpaired) electrons. The van der Waals surface area contributed by atoms with Gasteiger partial charge in [0.25, 0.3) is 0 Å². The maximum absolute atomic E-state index is 12.1. The molecule has 5 rings (SSSR count). The smallest absolute Gasteiger partial charge is 0.308 e. The number of hydrogen-bond donors (Lipinski definition) is 2. The monoisotopic (exact) mass is 485 g/mol. The molecule has 1 aliphatic carbocycles. The van der Waals surface area contributed by atoms with Crippen LogP contribution in [-0.4, -0.2) is 59.7 Å². The highest BCUT2D eigenvalue weighted by Crippen LogP contribution is 2.49. The number of nitrogens with zero attached hydrogens (tertiary/aromatic N) is 4. The van der Waals surface area contributed by atoms with Gasteiger partial charge in [-0.05, 0) is 49.6 Å². The van der Waals surface area contributed by atoms with Gasteiger partial charge in [-0.3, -0.25) is 4.79 Å². The second-order valence-corrected chi connectivity index (χ2v) is 10.4. The number of nitrogens with one attached hydrogen (secondary N) is 1. The van der Waals surface area contributed by atoms with E-state index in [0.29, 0.717) is 29.9 Å². The van der Waals surface area contributed by atoms with E-state index < -0.39 is 11.9 Å². The van der Waals surface area contributed by atoms with Crippen molar-refractivity contribution in [2.24, 2.45) is 11.3 Å². The second-order valence-electron chi connectivity index (χ2n) is 9.99. The van der Waals surface area contributed by atoms with E-state index in [2.05, 4.69) is 34.4 Å². The highest BCUT2D eigenvalue weighted by atomic mass is 35.5. The minimum Gasteiger partial charge on any atom is -0.495 e. The molecule has 2 fully saturated rings. The number of likely N-dealkylation sites (N-methyl/N-ethyl adjacent to an activating group) is 1. The Morgan fingerprint density at radius 1 is 1.26 bits per heavy atom. The lowest BCUT2D eigenvalue weighted by molar-refractivity contribution is -0.145. The molecule has 0 bridgehead atoms. The first-order valence-electron chi connectivity index (χ1n) is 12.0. The molecular formula is C25H32ClN5O3. The molecule has 1 aromatic heterocycles. The number of carbonyl (C=O) groups is 1. The van der Waals surface area contributed by atoms with Gasteiger partial charge in [-0.25, -0.2) is 4.98 Å². The SMILES string of the molecule is COc1cc2c(cc1Nc1ncc(Cl)c(N3CC(C(=O)O)C4(CCCCC4)C3)n1)CN(C)CC2. The van der Waals surface area contributed by atoms with Crippen LogP contribution in [0.4, 0.5) is 17.5 Å². The van der Waals surface area contributed by atoms with Crippen molar-refractivity contribution >= 4 is 35.0 Å². The molecule has 182 valence electrons. The van der Waals surface area contributed by atoms with Crippen molar-refractivity contribution in [1.29, 1.82) is 0 Å². The summed E-state index contributed by atoms with van der Waals surface area (Å²) in [6.07, 6.45) is 7.79. The maximum atomic E-state index is 12.1. The Hall–Kier alpha value is -2.58. The standard InChI is InChI=1S/C25H32ClN5O3/c1-30-9-6-16-11-21(34-2)20(10-17(16)13-30)28-24-27-12-19(26)22(29-24)31-14-18(23(32)33)25(15-31)7-4-3-5-8-25/h10-12,18H,3-9,13-15H2,1-2H3,(H,32,33)(H,27,28,29). The van der Waals surface area contributed by atoms with Gasteiger partial charge in [0.15, 0.2) is 5.82 Å². The third-order valence-electron chi connectivity index (χ3n) is 7.79. The van der Waals surface area contributed by atoms with Gasteiger partial charge in [0, 0.05) is 31.6 Å². The lowest BCUT2D eigenvalue weighted by Gasteiger charge is -2.36. The molecular weight excluding hydrogens is 454 g/mol. The summed E-state index contributed by atoms with van der Waals surface area (Å²) in [6.45, 7) is 2.99. The molecule has 0 amide bonds. The number of ether oxygens (including phenoxy) is 1. The van der Waals surface area contributed by atoms with Crippen molar-refractivity contribution in [1.82, 2.24) is 14.9 Å². The van der Waals surface area contributed by atoms with Crippen molar-refractivity contribution in [2.75, 3.05) is 44.0 Å². The molecule has 3 aliphatic rings. The molecule has 8 nitrogen and oxygen atoms in total. The number of rotatable bonds is 5. The quantitative estimate of drug-likeness (QED) is 0.646. The van der Waals surface area contributed by atoms with Crippen molar-refractivity contribution in [3.05, 3.63) is 34.5 Å². The topological polar surface area (TPSA) is 90.8 Å². The molecule has 1 saturated heterocycles. The number of hydrogen-bond acceptors (Lipinski definition) is 7. The molecule has 1 atom stereocenters. The van der Waals surface area contributed by atoms with E-state index in [1.165, 1.54) is 17.5 Å². The number of fused-ring (bicyclic) bond motifs is 1. The summed E-state index contributed by atoms with van der Waals surface area (Å²) in [6, 6.07) is 4.20.